The molecule has 90 valence electrons. The summed E-state index contributed by atoms with van der Waals surface area (Å²) in [5.41, 5.74) is 0. The molecule has 0 aliphatic carbocycles. The molecule has 0 saturated carbocycles. The molecule has 7 heteroatoms. The van der Waals surface area contributed by atoms with Crippen LogP contribution < -0.4 is 5.32 Å². The predicted molar refractivity (Wildman–Crippen MR) is 48.5 cm³/mol. The number of halogens is 3. The van der Waals surface area contributed by atoms with Crippen molar-refractivity contribution in [2.24, 2.45) is 0 Å². The van der Waals surface area contributed by atoms with Crippen LogP contribution in [-0.4, -0.2) is 16.7 Å². The van der Waals surface area contributed by atoms with Gasteiger partial charge in [0.15, 0.2) is 5.82 Å². The van der Waals surface area contributed by atoms with Gasteiger partial charge in [0.2, 0.25) is 0 Å². The average molecular weight is 235 g/mol. The van der Waals surface area contributed by atoms with Gasteiger partial charge in [-0.15, -0.1) is 0 Å². The summed E-state index contributed by atoms with van der Waals surface area (Å²) in [5.74, 6) is -1.16. The Kier molecular flexibility index (Phi) is 3.13. The number of alkyl halides is 3. The molecule has 1 aliphatic heterocycles. The third kappa shape index (κ3) is 2.52. The fourth-order valence-corrected chi connectivity index (χ4v) is 1.74. The van der Waals surface area contributed by atoms with Crippen molar-refractivity contribution < 1.29 is 17.7 Å². The first-order valence-electron chi connectivity index (χ1n) is 5.21. The Bertz CT molecular complexity index is 342. The van der Waals surface area contributed by atoms with Crippen LogP contribution in [0.4, 0.5) is 13.2 Å². The monoisotopic (exact) mass is 235 g/mol. The molecular formula is C9H12F3N3O. The van der Waals surface area contributed by atoms with Gasteiger partial charge >= 0.3 is 12.1 Å². The molecule has 2 heterocycles. The molecule has 0 radical (unpaired) electrons. The van der Waals surface area contributed by atoms with Crippen molar-refractivity contribution in [3.63, 3.8) is 0 Å². The lowest BCUT2D eigenvalue weighted by atomic mass is 10.1. The van der Waals surface area contributed by atoms with Gasteiger partial charge in [0.1, 0.15) is 0 Å². The first-order chi connectivity index (χ1) is 7.57. The van der Waals surface area contributed by atoms with E-state index in [2.05, 4.69) is 20.0 Å². The molecule has 1 unspecified atom stereocenters. The standard InChI is InChI=1S/C9H12F3N3O/c10-9(11,12)8-14-7(15-16-8)6-4-2-1-3-5-13-6/h6,13H,1-5H2. The summed E-state index contributed by atoms with van der Waals surface area (Å²) in [6.45, 7) is 0.778. The second-order valence-electron chi connectivity index (χ2n) is 3.81. The molecule has 1 atom stereocenters. The van der Waals surface area contributed by atoms with Gasteiger partial charge in [-0.3, -0.25) is 0 Å². The van der Waals surface area contributed by atoms with Crippen molar-refractivity contribution in [1.29, 1.82) is 0 Å². The van der Waals surface area contributed by atoms with Crippen LogP contribution in [0.15, 0.2) is 4.52 Å². The highest BCUT2D eigenvalue weighted by atomic mass is 19.4. The largest absolute Gasteiger partial charge is 0.471 e. The van der Waals surface area contributed by atoms with E-state index in [0.29, 0.717) is 0 Å². The van der Waals surface area contributed by atoms with Crippen LogP contribution in [0.1, 0.15) is 43.4 Å². The van der Waals surface area contributed by atoms with Gasteiger partial charge < -0.3 is 9.84 Å². The van der Waals surface area contributed by atoms with Crippen LogP contribution in [0.3, 0.4) is 0 Å². The van der Waals surface area contributed by atoms with Gasteiger partial charge in [-0.25, -0.2) is 0 Å². The maximum Gasteiger partial charge on any atom is 0.471 e. The highest BCUT2D eigenvalue weighted by Crippen LogP contribution is 2.29. The minimum Gasteiger partial charge on any atom is -0.329 e. The topological polar surface area (TPSA) is 51.0 Å². The van der Waals surface area contributed by atoms with Crippen molar-refractivity contribution in [3.05, 3.63) is 11.7 Å². The first kappa shape index (κ1) is 11.4. The zero-order valence-corrected chi connectivity index (χ0v) is 8.55. The summed E-state index contributed by atoms with van der Waals surface area (Å²) < 4.78 is 40.9. The molecule has 0 aromatic carbocycles. The molecule has 4 nitrogen and oxygen atoms in total. The molecule has 0 spiro atoms. The summed E-state index contributed by atoms with van der Waals surface area (Å²) in [7, 11) is 0. The Labute approximate surface area is 90.2 Å². The molecule has 1 aromatic rings. The molecule has 1 fully saturated rings. The van der Waals surface area contributed by atoms with Gasteiger partial charge in [0.05, 0.1) is 6.04 Å². The van der Waals surface area contributed by atoms with E-state index in [1.807, 2.05) is 0 Å². The van der Waals surface area contributed by atoms with Gasteiger partial charge in [0, 0.05) is 0 Å². The van der Waals surface area contributed by atoms with E-state index < -0.39 is 12.1 Å². The highest BCUT2D eigenvalue weighted by Gasteiger charge is 2.39. The second-order valence-corrected chi connectivity index (χ2v) is 3.81. The van der Waals surface area contributed by atoms with E-state index in [1.165, 1.54) is 0 Å². The Morgan fingerprint density at radius 1 is 1.25 bits per heavy atom. The molecule has 1 aliphatic rings. The van der Waals surface area contributed by atoms with Crippen LogP contribution >= 0.6 is 0 Å². The van der Waals surface area contributed by atoms with Crippen LogP contribution in [0.2, 0.25) is 0 Å². The number of nitrogens with zero attached hydrogens (tertiary/aromatic N) is 2. The van der Waals surface area contributed by atoms with Crippen molar-refractivity contribution in [2.45, 2.75) is 37.9 Å². The van der Waals surface area contributed by atoms with E-state index in [9.17, 15) is 13.2 Å². The maximum atomic E-state index is 12.2. The van der Waals surface area contributed by atoms with Crippen molar-refractivity contribution in [3.8, 4) is 0 Å². The van der Waals surface area contributed by atoms with E-state index in [0.717, 1.165) is 32.2 Å². The fourth-order valence-electron chi connectivity index (χ4n) is 1.74. The quantitative estimate of drug-likeness (QED) is 0.811. The second kappa shape index (κ2) is 4.40. The molecule has 1 aromatic heterocycles. The average Bonchev–Trinajstić information content (AvgIpc) is 2.55. The number of nitrogens with one attached hydrogen (secondary N) is 1. The maximum absolute atomic E-state index is 12.2. The summed E-state index contributed by atoms with van der Waals surface area (Å²) in [6.07, 6.45) is -0.742. The van der Waals surface area contributed by atoms with E-state index in [4.69, 9.17) is 0 Å². The number of hydrogen-bond acceptors (Lipinski definition) is 4. The molecule has 1 N–H and O–H groups in total. The number of hydrogen-bond donors (Lipinski definition) is 1. The molecule has 0 bridgehead atoms. The Hall–Kier alpha value is -1.11. The van der Waals surface area contributed by atoms with E-state index >= 15 is 0 Å². The fraction of sp³-hybridized carbons (Fsp3) is 0.778. The summed E-state index contributed by atoms with van der Waals surface area (Å²) in [5, 5.41) is 6.49. The summed E-state index contributed by atoms with van der Waals surface area (Å²) in [4.78, 5) is 3.38. The van der Waals surface area contributed by atoms with Gasteiger partial charge in [-0.1, -0.05) is 18.0 Å². The Balaban J connectivity index is 2.11. The lowest BCUT2D eigenvalue weighted by Gasteiger charge is -2.09. The third-order valence-electron chi connectivity index (χ3n) is 2.56. The van der Waals surface area contributed by atoms with Crippen molar-refractivity contribution in [2.75, 3.05) is 6.54 Å². The predicted octanol–water partition coefficient (Wildman–Crippen LogP) is 2.29. The minimum atomic E-state index is -4.56. The lowest BCUT2D eigenvalue weighted by Crippen LogP contribution is -2.21. The highest BCUT2D eigenvalue weighted by molar-refractivity contribution is 4.96. The van der Waals surface area contributed by atoms with Gasteiger partial charge in [0.25, 0.3) is 0 Å². The normalized spacial score (nSPS) is 23.1. The summed E-state index contributed by atoms with van der Waals surface area (Å²) >= 11 is 0. The van der Waals surface area contributed by atoms with Crippen LogP contribution in [0.5, 0.6) is 0 Å². The Morgan fingerprint density at radius 3 is 2.75 bits per heavy atom. The number of rotatable bonds is 1. The Morgan fingerprint density at radius 2 is 2.06 bits per heavy atom. The molecule has 2 rings (SSSR count). The van der Waals surface area contributed by atoms with Crippen LogP contribution in [-0.2, 0) is 6.18 Å². The van der Waals surface area contributed by atoms with Crippen LogP contribution in [0, 0.1) is 0 Å². The zero-order valence-electron chi connectivity index (χ0n) is 8.55. The SMILES string of the molecule is FC(F)(F)c1nc(C2CCCCCN2)no1. The van der Waals surface area contributed by atoms with Gasteiger partial charge in [-0.05, 0) is 19.4 Å². The molecule has 16 heavy (non-hydrogen) atoms. The van der Waals surface area contributed by atoms with Gasteiger partial charge in [-0.2, -0.15) is 18.2 Å². The third-order valence-corrected chi connectivity index (χ3v) is 2.56. The number of aromatic nitrogens is 2. The summed E-state index contributed by atoms with van der Waals surface area (Å²) in [6, 6.07) is -0.220. The minimum absolute atomic E-state index is 0.106. The van der Waals surface area contributed by atoms with Crippen molar-refractivity contribution in [1.82, 2.24) is 15.5 Å². The molecule has 0 amide bonds. The first-order valence-corrected chi connectivity index (χ1v) is 5.21. The van der Waals surface area contributed by atoms with E-state index in [-0.39, 0.29) is 11.9 Å². The molecular weight excluding hydrogens is 223 g/mol. The lowest BCUT2D eigenvalue weighted by molar-refractivity contribution is -0.159. The van der Waals surface area contributed by atoms with Crippen molar-refractivity contribution >= 4 is 0 Å². The smallest absolute Gasteiger partial charge is 0.329 e. The van der Waals surface area contributed by atoms with E-state index in [1.54, 1.807) is 0 Å². The zero-order chi connectivity index (χ0) is 11.6. The molecule has 1 saturated heterocycles. The van der Waals surface area contributed by atoms with Crippen LogP contribution in [0.25, 0.3) is 0 Å².